The summed E-state index contributed by atoms with van der Waals surface area (Å²) in [7, 11) is 0. The van der Waals surface area contributed by atoms with Gasteiger partial charge in [0.25, 0.3) is 0 Å². The van der Waals surface area contributed by atoms with Gasteiger partial charge in [-0.2, -0.15) is 0 Å². The van der Waals surface area contributed by atoms with Crippen molar-refractivity contribution in [3.05, 3.63) is 28.8 Å². The van der Waals surface area contributed by atoms with Gasteiger partial charge in [-0.1, -0.05) is 11.6 Å². The van der Waals surface area contributed by atoms with E-state index in [4.69, 9.17) is 16.3 Å². The second kappa shape index (κ2) is 7.46. The van der Waals surface area contributed by atoms with Crippen LogP contribution in [0.25, 0.3) is 0 Å². The average molecular weight is 310 g/mol. The first-order valence-electron chi connectivity index (χ1n) is 7.31. The first-order chi connectivity index (χ1) is 10.1. The largest absolute Gasteiger partial charge is 0.426 e. The molecule has 1 amide bonds. The first-order valence-corrected chi connectivity index (χ1v) is 7.68. The average Bonchev–Trinajstić information content (AvgIpc) is 2.48. The molecule has 0 radical (unpaired) electrons. The third-order valence-electron chi connectivity index (χ3n) is 3.61. The zero-order chi connectivity index (χ0) is 15.2. The SMILES string of the molecule is Cc1cc(Cl)ccc1OC(=O)CCC(=O)N1CCCCC1. The Bertz CT molecular complexity index is 524. The summed E-state index contributed by atoms with van der Waals surface area (Å²) in [5.41, 5.74) is 0.804. The predicted octanol–water partition coefficient (Wildman–Crippen LogP) is 3.35. The van der Waals surface area contributed by atoms with Crippen molar-refractivity contribution in [1.29, 1.82) is 0 Å². The molecular formula is C16H20ClNO3. The summed E-state index contributed by atoms with van der Waals surface area (Å²) < 4.78 is 5.27. The highest BCUT2D eigenvalue weighted by Gasteiger charge is 2.18. The van der Waals surface area contributed by atoms with Gasteiger partial charge < -0.3 is 9.64 Å². The number of hydrogen-bond donors (Lipinski definition) is 0. The zero-order valence-electron chi connectivity index (χ0n) is 12.2. The second-order valence-electron chi connectivity index (χ2n) is 5.33. The van der Waals surface area contributed by atoms with E-state index in [9.17, 15) is 9.59 Å². The highest BCUT2D eigenvalue weighted by molar-refractivity contribution is 6.30. The molecule has 1 heterocycles. The molecule has 0 unspecified atom stereocenters. The van der Waals surface area contributed by atoms with E-state index in [1.165, 1.54) is 6.42 Å². The molecule has 0 atom stereocenters. The Balaban J connectivity index is 1.80. The Kier molecular flexibility index (Phi) is 5.62. The van der Waals surface area contributed by atoms with Crippen LogP contribution in [0.1, 0.15) is 37.7 Å². The summed E-state index contributed by atoms with van der Waals surface area (Å²) in [6.45, 7) is 3.45. The van der Waals surface area contributed by atoms with E-state index in [2.05, 4.69) is 0 Å². The highest BCUT2D eigenvalue weighted by Crippen LogP contribution is 2.22. The maximum absolute atomic E-state index is 12.0. The number of esters is 1. The maximum atomic E-state index is 12.0. The molecule has 2 rings (SSSR count). The Labute approximate surface area is 130 Å². The van der Waals surface area contributed by atoms with Gasteiger partial charge in [0.15, 0.2) is 0 Å². The lowest BCUT2D eigenvalue weighted by molar-refractivity contribution is -0.139. The van der Waals surface area contributed by atoms with Gasteiger partial charge in [0, 0.05) is 24.5 Å². The van der Waals surface area contributed by atoms with Crippen molar-refractivity contribution in [3.8, 4) is 5.75 Å². The van der Waals surface area contributed by atoms with E-state index >= 15 is 0 Å². The van der Waals surface area contributed by atoms with Gasteiger partial charge in [-0.05, 0) is 49.9 Å². The topological polar surface area (TPSA) is 46.6 Å². The number of hydrogen-bond acceptors (Lipinski definition) is 3. The van der Waals surface area contributed by atoms with Crippen molar-refractivity contribution >= 4 is 23.5 Å². The normalized spacial score (nSPS) is 14.9. The molecule has 1 aromatic carbocycles. The quantitative estimate of drug-likeness (QED) is 0.633. The first kappa shape index (κ1) is 15.8. The number of piperidine rings is 1. The van der Waals surface area contributed by atoms with Crippen LogP contribution in [0, 0.1) is 6.92 Å². The van der Waals surface area contributed by atoms with Crippen LogP contribution in [0.4, 0.5) is 0 Å². The number of halogens is 1. The van der Waals surface area contributed by atoms with E-state index in [1.807, 2.05) is 11.8 Å². The zero-order valence-corrected chi connectivity index (χ0v) is 13.0. The van der Waals surface area contributed by atoms with Gasteiger partial charge in [0.2, 0.25) is 5.91 Å². The number of nitrogens with zero attached hydrogens (tertiary/aromatic N) is 1. The van der Waals surface area contributed by atoms with Gasteiger partial charge in [-0.25, -0.2) is 0 Å². The van der Waals surface area contributed by atoms with Crippen LogP contribution in [0.15, 0.2) is 18.2 Å². The minimum atomic E-state index is -0.384. The molecular weight excluding hydrogens is 290 g/mol. The lowest BCUT2D eigenvalue weighted by Crippen LogP contribution is -2.35. The minimum Gasteiger partial charge on any atom is -0.426 e. The maximum Gasteiger partial charge on any atom is 0.311 e. The van der Waals surface area contributed by atoms with E-state index in [-0.39, 0.29) is 24.7 Å². The standard InChI is InChI=1S/C16H20ClNO3/c1-12-11-13(17)5-6-14(12)21-16(20)8-7-15(19)18-9-3-2-4-10-18/h5-6,11H,2-4,7-10H2,1H3. The van der Waals surface area contributed by atoms with Crippen LogP contribution in [0.5, 0.6) is 5.75 Å². The fourth-order valence-corrected chi connectivity index (χ4v) is 2.64. The summed E-state index contributed by atoms with van der Waals surface area (Å²) in [5.74, 6) is 0.153. The van der Waals surface area contributed by atoms with Crippen LogP contribution < -0.4 is 4.74 Å². The molecule has 0 N–H and O–H groups in total. The molecule has 1 aliphatic heterocycles. The molecule has 5 heteroatoms. The molecule has 1 fully saturated rings. The Morgan fingerprint density at radius 3 is 2.57 bits per heavy atom. The van der Waals surface area contributed by atoms with Crippen LogP contribution in [-0.2, 0) is 9.59 Å². The van der Waals surface area contributed by atoms with Crippen LogP contribution >= 0.6 is 11.6 Å². The molecule has 0 spiro atoms. The number of likely N-dealkylation sites (tertiary alicyclic amines) is 1. The van der Waals surface area contributed by atoms with Gasteiger partial charge in [-0.15, -0.1) is 0 Å². The van der Waals surface area contributed by atoms with E-state index in [0.29, 0.717) is 10.8 Å². The molecule has 1 saturated heterocycles. The van der Waals surface area contributed by atoms with Gasteiger partial charge in [0.05, 0.1) is 6.42 Å². The number of aryl methyl sites for hydroxylation is 1. The molecule has 0 saturated carbocycles. The number of rotatable bonds is 4. The fourth-order valence-electron chi connectivity index (χ4n) is 2.41. The number of amides is 1. The highest BCUT2D eigenvalue weighted by atomic mass is 35.5. The van der Waals surface area contributed by atoms with Gasteiger partial charge in [-0.3, -0.25) is 9.59 Å². The number of carbonyl (C=O) groups excluding carboxylic acids is 2. The Morgan fingerprint density at radius 2 is 1.90 bits per heavy atom. The Hall–Kier alpha value is -1.55. The van der Waals surface area contributed by atoms with Crippen molar-refractivity contribution in [2.24, 2.45) is 0 Å². The van der Waals surface area contributed by atoms with Crippen molar-refractivity contribution in [1.82, 2.24) is 4.90 Å². The fraction of sp³-hybridized carbons (Fsp3) is 0.500. The van der Waals surface area contributed by atoms with E-state index < -0.39 is 0 Å². The van der Waals surface area contributed by atoms with Crippen LogP contribution in [0.2, 0.25) is 5.02 Å². The molecule has 0 aromatic heterocycles. The second-order valence-corrected chi connectivity index (χ2v) is 5.76. The number of carbonyl (C=O) groups is 2. The van der Waals surface area contributed by atoms with Crippen molar-refractivity contribution in [3.63, 3.8) is 0 Å². The molecule has 1 aromatic rings. The van der Waals surface area contributed by atoms with E-state index in [0.717, 1.165) is 31.5 Å². The molecule has 4 nitrogen and oxygen atoms in total. The van der Waals surface area contributed by atoms with Gasteiger partial charge in [0.1, 0.15) is 5.75 Å². The van der Waals surface area contributed by atoms with E-state index in [1.54, 1.807) is 18.2 Å². The van der Waals surface area contributed by atoms with Crippen LogP contribution in [0.3, 0.4) is 0 Å². The van der Waals surface area contributed by atoms with Crippen LogP contribution in [-0.4, -0.2) is 29.9 Å². The van der Waals surface area contributed by atoms with Crippen molar-refractivity contribution in [2.45, 2.75) is 39.0 Å². The smallest absolute Gasteiger partial charge is 0.311 e. The minimum absolute atomic E-state index is 0.0412. The summed E-state index contributed by atoms with van der Waals surface area (Å²) in [5, 5.41) is 0.604. The molecule has 21 heavy (non-hydrogen) atoms. The lowest BCUT2D eigenvalue weighted by Gasteiger charge is -2.26. The number of ether oxygens (including phenoxy) is 1. The Morgan fingerprint density at radius 1 is 1.19 bits per heavy atom. The number of benzene rings is 1. The summed E-state index contributed by atoms with van der Waals surface area (Å²) >= 11 is 5.85. The monoisotopic (exact) mass is 309 g/mol. The lowest BCUT2D eigenvalue weighted by atomic mass is 10.1. The summed E-state index contributed by atoms with van der Waals surface area (Å²) in [6.07, 6.45) is 3.62. The summed E-state index contributed by atoms with van der Waals surface area (Å²) in [6, 6.07) is 5.08. The molecule has 114 valence electrons. The van der Waals surface area contributed by atoms with Gasteiger partial charge >= 0.3 is 5.97 Å². The third kappa shape index (κ3) is 4.74. The third-order valence-corrected chi connectivity index (χ3v) is 3.85. The molecule has 0 aliphatic carbocycles. The summed E-state index contributed by atoms with van der Waals surface area (Å²) in [4.78, 5) is 25.6. The molecule has 1 aliphatic rings. The molecule has 0 bridgehead atoms. The van der Waals surface area contributed by atoms with Crippen molar-refractivity contribution in [2.75, 3.05) is 13.1 Å². The van der Waals surface area contributed by atoms with Crippen molar-refractivity contribution < 1.29 is 14.3 Å². The predicted molar refractivity (Wildman–Crippen MR) is 81.5 cm³/mol.